The molecule has 2 amide bonds. The van der Waals surface area contributed by atoms with Gasteiger partial charge in [-0.1, -0.05) is 17.8 Å². The molecule has 1 aliphatic rings. The van der Waals surface area contributed by atoms with Crippen LogP contribution >= 0.6 is 43.6 Å². The number of rotatable bonds is 1. The number of halogens is 2. The number of amidine groups is 1. The van der Waals surface area contributed by atoms with Crippen molar-refractivity contribution >= 4 is 60.5 Å². The molecule has 0 saturated carbocycles. The fourth-order valence-electron chi connectivity index (χ4n) is 1.44. The number of carbonyl (C=O) groups excluding carboxylic acids is 1. The van der Waals surface area contributed by atoms with Crippen molar-refractivity contribution in [3.63, 3.8) is 0 Å². The molecule has 1 aromatic rings. The van der Waals surface area contributed by atoms with Crippen LogP contribution in [0.3, 0.4) is 0 Å². The first-order valence-electron chi connectivity index (χ1n) is 5.25. The van der Waals surface area contributed by atoms with E-state index >= 15 is 0 Å². The molecule has 0 aromatic heterocycles. The third kappa shape index (κ3) is 3.27. The van der Waals surface area contributed by atoms with E-state index in [1.165, 1.54) is 0 Å². The molecule has 0 unspecified atom stereocenters. The highest BCUT2D eigenvalue weighted by atomic mass is 79.9. The highest BCUT2D eigenvalue weighted by molar-refractivity contribution is 9.11. The van der Waals surface area contributed by atoms with E-state index in [0.717, 1.165) is 26.4 Å². The summed E-state index contributed by atoms with van der Waals surface area (Å²) in [5.41, 5.74) is 0.692. The molecular weight excluding hydrogens is 382 g/mol. The number of anilines is 1. The van der Waals surface area contributed by atoms with Gasteiger partial charge in [0.2, 0.25) is 0 Å². The monoisotopic (exact) mass is 391 g/mol. The minimum absolute atomic E-state index is 0.362. The first kappa shape index (κ1) is 13.9. The van der Waals surface area contributed by atoms with Gasteiger partial charge in [0, 0.05) is 28.3 Å². The topological polar surface area (TPSA) is 44.7 Å². The van der Waals surface area contributed by atoms with E-state index in [-0.39, 0.29) is 6.03 Å². The van der Waals surface area contributed by atoms with Crippen molar-refractivity contribution in [2.24, 2.45) is 4.99 Å². The molecule has 0 bridgehead atoms. The number of hydrogen-bond donors (Lipinski definition) is 1. The average molecular weight is 393 g/mol. The zero-order chi connectivity index (χ0) is 13.1. The predicted molar refractivity (Wildman–Crippen MR) is 83.4 cm³/mol. The molecule has 0 radical (unpaired) electrons. The number of nitrogens with one attached hydrogen (secondary N) is 1. The Kier molecular flexibility index (Phi) is 4.69. The van der Waals surface area contributed by atoms with Gasteiger partial charge in [0.15, 0.2) is 5.17 Å². The fraction of sp³-hybridized carbons (Fsp3) is 0.273. The third-order valence-electron chi connectivity index (χ3n) is 2.38. The van der Waals surface area contributed by atoms with Gasteiger partial charge in [-0.25, -0.2) is 4.79 Å². The Morgan fingerprint density at radius 3 is 2.67 bits per heavy atom. The van der Waals surface area contributed by atoms with Crippen LogP contribution in [-0.4, -0.2) is 35.4 Å². The van der Waals surface area contributed by atoms with Gasteiger partial charge in [0.25, 0.3) is 0 Å². The molecule has 1 heterocycles. The molecule has 1 aliphatic heterocycles. The molecule has 0 aliphatic carbocycles. The first-order chi connectivity index (χ1) is 8.58. The van der Waals surface area contributed by atoms with Gasteiger partial charge in [0.1, 0.15) is 0 Å². The van der Waals surface area contributed by atoms with Crippen molar-refractivity contribution in [3.8, 4) is 0 Å². The number of amides is 2. The second kappa shape index (κ2) is 6.08. The summed E-state index contributed by atoms with van der Waals surface area (Å²) in [6, 6.07) is 5.25. The van der Waals surface area contributed by atoms with Crippen molar-refractivity contribution in [1.82, 2.24) is 4.90 Å². The van der Waals surface area contributed by atoms with E-state index in [9.17, 15) is 4.79 Å². The van der Waals surface area contributed by atoms with Gasteiger partial charge in [-0.05, 0) is 44.0 Å². The van der Waals surface area contributed by atoms with Gasteiger partial charge in [-0.15, -0.1) is 0 Å². The lowest BCUT2D eigenvalue weighted by Crippen LogP contribution is -2.20. The molecule has 1 aromatic carbocycles. The summed E-state index contributed by atoms with van der Waals surface area (Å²) in [5, 5.41) is 3.53. The van der Waals surface area contributed by atoms with Crippen LogP contribution in [0, 0.1) is 0 Å². The minimum Gasteiger partial charge on any atom is -0.353 e. The van der Waals surface area contributed by atoms with Crippen LogP contribution in [0.15, 0.2) is 32.1 Å². The van der Waals surface area contributed by atoms with Crippen LogP contribution in [0.1, 0.15) is 0 Å². The van der Waals surface area contributed by atoms with Crippen LogP contribution in [-0.2, 0) is 0 Å². The molecule has 96 valence electrons. The number of hydrogen-bond acceptors (Lipinski definition) is 2. The van der Waals surface area contributed by atoms with Gasteiger partial charge >= 0.3 is 6.03 Å². The Hall–Kier alpha value is -0.530. The lowest BCUT2D eigenvalue weighted by Gasteiger charge is -2.10. The molecular formula is C11H11Br2N3OS. The van der Waals surface area contributed by atoms with E-state index in [4.69, 9.17) is 0 Å². The van der Waals surface area contributed by atoms with E-state index < -0.39 is 0 Å². The second-order valence-electron chi connectivity index (χ2n) is 3.69. The zero-order valence-corrected chi connectivity index (χ0v) is 13.6. The Balaban J connectivity index is 2.12. The summed E-state index contributed by atoms with van der Waals surface area (Å²) in [6.45, 7) is 0.926. The summed E-state index contributed by atoms with van der Waals surface area (Å²) in [7, 11) is 1.93. The fourth-order valence-corrected chi connectivity index (χ4v) is 3.64. The number of aliphatic imine (C=N–C) groups is 1. The molecule has 4 nitrogen and oxygen atoms in total. The molecule has 1 fully saturated rings. The molecule has 7 heteroatoms. The number of urea groups is 1. The summed E-state index contributed by atoms with van der Waals surface area (Å²) >= 11 is 8.37. The number of benzene rings is 1. The number of para-hydroxylation sites is 1. The maximum Gasteiger partial charge on any atom is 0.347 e. The van der Waals surface area contributed by atoms with E-state index in [1.807, 2.05) is 30.1 Å². The van der Waals surface area contributed by atoms with Crippen molar-refractivity contribution in [3.05, 3.63) is 27.1 Å². The van der Waals surface area contributed by atoms with Crippen LogP contribution in [0.2, 0.25) is 0 Å². The van der Waals surface area contributed by atoms with E-state index in [0.29, 0.717) is 5.69 Å². The van der Waals surface area contributed by atoms with Gasteiger partial charge < -0.3 is 10.2 Å². The van der Waals surface area contributed by atoms with Gasteiger partial charge in [-0.3, -0.25) is 0 Å². The summed E-state index contributed by atoms with van der Waals surface area (Å²) in [4.78, 5) is 17.9. The van der Waals surface area contributed by atoms with Crippen LogP contribution < -0.4 is 5.32 Å². The Bertz CT molecular complexity index is 487. The molecule has 1 saturated heterocycles. The standard InChI is InChI=1S/C11H11Br2N3OS/c1-16-5-6-18-11(16)15-10(17)14-9-7(12)3-2-4-8(9)13/h2-4H,5-6H2,1H3,(H,14,17). The lowest BCUT2D eigenvalue weighted by molar-refractivity contribution is 0.259. The first-order valence-corrected chi connectivity index (χ1v) is 7.82. The number of thioether (sulfide) groups is 1. The lowest BCUT2D eigenvalue weighted by atomic mass is 10.3. The highest BCUT2D eigenvalue weighted by Gasteiger charge is 2.17. The molecule has 0 atom stereocenters. The zero-order valence-electron chi connectivity index (χ0n) is 9.61. The smallest absolute Gasteiger partial charge is 0.347 e. The van der Waals surface area contributed by atoms with Gasteiger partial charge in [0.05, 0.1) is 5.69 Å². The largest absolute Gasteiger partial charge is 0.353 e. The van der Waals surface area contributed by atoms with Crippen LogP contribution in [0.25, 0.3) is 0 Å². The van der Waals surface area contributed by atoms with Crippen molar-refractivity contribution in [2.45, 2.75) is 0 Å². The van der Waals surface area contributed by atoms with Crippen LogP contribution in [0.4, 0.5) is 10.5 Å². The van der Waals surface area contributed by atoms with E-state index in [2.05, 4.69) is 42.2 Å². The minimum atomic E-state index is -0.362. The van der Waals surface area contributed by atoms with Crippen LogP contribution in [0.5, 0.6) is 0 Å². The highest BCUT2D eigenvalue weighted by Crippen LogP contribution is 2.30. The third-order valence-corrected chi connectivity index (χ3v) is 4.75. The quantitative estimate of drug-likeness (QED) is 0.790. The molecule has 1 N–H and O–H groups in total. The number of carbonyl (C=O) groups is 1. The van der Waals surface area contributed by atoms with Crippen molar-refractivity contribution < 1.29 is 4.79 Å². The maximum absolute atomic E-state index is 11.8. The summed E-state index contributed by atoms with van der Waals surface area (Å²) < 4.78 is 1.63. The Labute approximate surface area is 126 Å². The summed E-state index contributed by atoms with van der Waals surface area (Å²) in [5.74, 6) is 0.974. The predicted octanol–water partition coefficient (Wildman–Crippen LogP) is 3.78. The SMILES string of the molecule is CN1CCSC1=NC(=O)Nc1c(Br)cccc1Br. The molecule has 18 heavy (non-hydrogen) atoms. The second-order valence-corrected chi connectivity index (χ2v) is 6.46. The van der Waals surface area contributed by atoms with Gasteiger partial charge in [-0.2, -0.15) is 4.99 Å². The normalized spacial score (nSPS) is 17.3. The molecule has 2 rings (SSSR count). The average Bonchev–Trinajstić information content (AvgIpc) is 2.70. The Morgan fingerprint density at radius 2 is 2.11 bits per heavy atom. The van der Waals surface area contributed by atoms with Crippen molar-refractivity contribution in [1.29, 1.82) is 0 Å². The van der Waals surface area contributed by atoms with E-state index in [1.54, 1.807) is 11.8 Å². The van der Waals surface area contributed by atoms with Crippen molar-refractivity contribution in [2.75, 3.05) is 24.7 Å². The summed E-state index contributed by atoms with van der Waals surface area (Å²) in [6.07, 6.45) is 0. The Morgan fingerprint density at radius 1 is 1.44 bits per heavy atom. The molecule has 0 spiro atoms. The maximum atomic E-state index is 11.8. The number of nitrogens with zero attached hydrogens (tertiary/aromatic N) is 2.